The molecule has 2 aromatic rings. The molecule has 7 nitrogen and oxygen atoms in total. The van der Waals surface area contributed by atoms with Gasteiger partial charge in [-0.05, 0) is 73.8 Å². The van der Waals surface area contributed by atoms with E-state index >= 15 is 0 Å². The van der Waals surface area contributed by atoms with Crippen molar-refractivity contribution in [3.05, 3.63) is 36.0 Å². The van der Waals surface area contributed by atoms with Crippen LogP contribution in [-0.2, 0) is 16.0 Å². The summed E-state index contributed by atoms with van der Waals surface area (Å²) in [6.45, 7) is 2.83. The molecule has 0 amide bonds. The van der Waals surface area contributed by atoms with E-state index in [-0.39, 0.29) is 18.1 Å². The number of ether oxygens (including phenoxy) is 3. The summed E-state index contributed by atoms with van der Waals surface area (Å²) in [6.07, 6.45) is 7.55. The molecular weight excluding hydrogens is 408 g/mol. The Hall–Kier alpha value is -2.80. The quantitative estimate of drug-likeness (QED) is 0.651. The number of hydrogen-bond donors (Lipinski definition) is 1. The van der Waals surface area contributed by atoms with Gasteiger partial charge in [0.25, 0.3) is 0 Å². The summed E-state index contributed by atoms with van der Waals surface area (Å²) in [7, 11) is 1.73. The van der Waals surface area contributed by atoms with Gasteiger partial charge in [0.05, 0.1) is 17.3 Å². The summed E-state index contributed by atoms with van der Waals surface area (Å²) in [6, 6.07) is 8.26. The Morgan fingerprint density at radius 1 is 1.22 bits per heavy atom. The van der Waals surface area contributed by atoms with Crippen LogP contribution < -0.4 is 14.4 Å². The van der Waals surface area contributed by atoms with Crippen molar-refractivity contribution in [3.63, 3.8) is 0 Å². The minimum absolute atomic E-state index is 0.156. The standard InChI is InChI=1S/C25H30N2O5/c1-30-10-2-3-17-11-20(27-8-6-25(7-9-27)13-19(14-25)24(28)29)23(26-15-17)18-4-5-21-22(12-18)32-16-31-21/h4-5,11-12,15,19H,2-3,6-10,13-14,16H2,1H3,(H,28,29). The Kier molecular flexibility index (Phi) is 5.67. The summed E-state index contributed by atoms with van der Waals surface area (Å²) < 4.78 is 16.3. The number of pyridine rings is 1. The van der Waals surface area contributed by atoms with Crippen LogP contribution in [0.2, 0.25) is 0 Å². The van der Waals surface area contributed by atoms with E-state index in [2.05, 4.69) is 11.0 Å². The van der Waals surface area contributed by atoms with E-state index in [1.54, 1.807) is 7.11 Å². The molecule has 0 bridgehead atoms. The molecular formula is C25H30N2O5. The lowest BCUT2D eigenvalue weighted by Gasteiger charge is -2.51. The van der Waals surface area contributed by atoms with Gasteiger partial charge in [0, 0.05) is 38.6 Å². The SMILES string of the molecule is COCCCc1cnc(-c2ccc3c(c2)OCO3)c(N2CCC3(CC2)CC(C(=O)O)C3)c1. The van der Waals surface area contributed by atoms with E-state index in [4.69, 9.17) is 19.2 Å². The maximum atomic E-state index is 11.3. The lowest BCUT2D eigenvalue weighted by Crippen LogP contribution is -2.49. The number of anilines is 1. The number of piperidine rings is 1. The maximum absolute atomic E-state index is 11.3. The van der Waals surface area contributed by atoms with Crippen LogP contribution in [0.4, 0.5) is 5.69 Å². The zero-order chi connectivity index (χ0) is 22.1. The molecule has 1 aliphatic carbocycles. The molecule has 2 fully saturated rings. The van der Waals surface area contributed by atoms with Crippen molar-refractivity contribution < 1.29 is 24.1 Å². The average Bonchev–Trinajstić information content (AvgIpc) is 3.25. The summed E-state index contributed by atoms with van der Waals surface area (Å²) in [4.78, 5) is 18.6. The zero-order valence-corrected chi connectivity index (χ0v) is 18.5. The number of carboxylic acids is 1. The molecule has 1 aromatic carbocycles. The number of aromatic nitrogens is 1. The number of aryl methyl sites for hydroxylation is 1. The first-order chi connectivity index (χ1) is 15.6. The fraction of sp³-hybridized carbons (Fsp3) is 0.520. The van der Waals surface area contributed by atoms with Crippen LogP contribution in [0, 0.1) is 11.3 Å². The van der Waals surface area contributed by atoms with Gasteiger partial charge in [0.1, 0.15) is 0 Å². The van der Waals surface area contributed by atoms with Crippen LogP contribution in [0.3, 0.4) is 0 Å². The van der Waals surface area contributed by atoms with Crippen molar-refractivity contribution in [3.8, 4) is 22.8 Å². The third kappa shape index (κ3) is 4.01. The van der Waals surface area contributed by atoms with Crippen LogP contribution >= 0.6 is 0 Å². The summed E-state index contributed by atoms with van der Waals surface area (Å²) in [5.41, 5.74) is 4.52. The molecule has 0 unspecified atom stereocenters. The fourth-order valence-electron chi connectivity index (χ4n) is 5.35. The molecule has 3 heterocycles. The average molecular weight is 439 g/mol. The highest BCUT2D eigenvalue weighted by Crippen LogP contribution is 2.53. The Morgan fingerprint density at radius 2 is 2.00 bits per heavy atom. The van der Waals surface area contributed by atoms with Crippen molar-refractivity contribution >= 4 is 11.7 Å². The number of nitrogens with zero attached hydrogens (tertiary/aromatic N) is 2. The highest BCUT2D eigenvalue weighted by Gasteiger charge is 2.48. The molecule has 2 aliphatic heterocycles. The van der Waals surface area contributed by atoms with Crippen molar-refractivity contribution in [1.29, 1.82) is 0 Å². The molecule has 170 valence electrons. The number of fused-ring (bicyclic) bond motifs is 1. The molecule has 0 atom stereocenters. The second-order valence-electron chi connectivity index (χ2n) is 9.31. The van der Waals surface area contributed by atoms with Gasteiger partial charge in [-0.1, -0.05) is 0 Å². The number of rotatable bonds is 7. The predicted molar refractivity (Wildman–Crippen MR) is 120 cm³/mol. The topological polar surface area (TPSA) is 81.1 Å². The number of benzene rings is 1. The fourth-order valence-corrected chi connectivity index (χ4v) is 5.35. The van der Waals surface area contributed by atoms with E-state index in [9.17, 15) is 9.90 Å². The molecule has 3 aliphatic rings. The second kappa shape index (κ2) is 8.62. The lowest BCUT2D eigenvalue weighted by molar-refractivity contribution is -0.151. The Labute approximate surface area is 188 Å². The number of carbonyl (C=O) groups is 1. The minimum atomic E-state index is -0.642. The van der Waals surface area contributed by atoms with Crippen LogP contribution in [0.1, 0.15) is 37.7 Å². The van der Waals surface area contributed by atoms with E-state index in [0.29, 0.717) is 0 Å². The maximum Gasteiger partial charge on any atom is 0.306 e. The largest absolute Gasteiger partial charge is 0.481 e. The molecule has 7 heteroatoms. The number of methoxy groups -OCH3 is 1. The number of carboxylic acid groups (broad SMARTS) is 1. The Balaban J connectivity index is 1.39. The van der Waals surface area contributed by atoms with E-state index < -0.39 is 5.97 Å². The van der Waals surface area contributed by atoms with Crippen LogP contribution in [-0.4, -0.2) is 49.7 Å². The second-order valence-corrected chi connectivity index (χ2v) is 9.31. The molecule has 5 rings (SSSR count). The van der Waals surface area contributed by atoms with Crippen LogP contribution in [0.15, 0.2) is 30.5 Å². The highest BCUT2D eigenvalue weighted by atomic mass is 16.7. The molecule has 0 radical (unpaired) electrons. The van der Waals surface area contributed by atoms with Gasteiger partial charge < -0.3 is 24.2 Å². The van der Waals surface area contributed by atoms with Crippen molar-refractivity contribution in [2.24, 2.45) is 11.3 Å². The Bertz CT molecular complexity index is 992. The first-order valence-electron chi connectivity index (χ1n) is 11.4. The molecule has 1 spiro atoms. The third-order valence-corrected chi connectivity index (χ3v) is 7.26. The lowest BCUT2D eigenvalue weighted by atomic mass is 9.57. The van der Waals surface area contributed by atoms with Gasteiger partial charge in [-0.2, -0.15) is 0 Å². The van der Waals surface area contributed by atoms with E-state index in [1.165, 1.54) is 5.56 Å². The molecule has 1 N–H and O–H groups in total. The molecule has 1 aromatic heterocycles. The summed E-state index contributed by atoms with van der Waals surface area (Å²) in [5, 5.41) is 9.28. The van der Waals surface area contributed by atoms with Gasteiger partial charge in [-0.25, -0.2) is 0 Å². The summed E-state index contributed by atoms with van der Waals surface area (Å²) >= 11 is 0. The summed E-state index contributed by atoms with van der Waals surface area (Å²) in [5.74, 6) is 0.725. The number of aliphatic carboxylic acids is 1. The first kappa shape index (κ1) is 21.1. The number of hydrogen-bond acceptors (Lipinski definition) is 6. The predicted octanol–water partition coefficient (Wildman–Crippen LogP) is 4.14. The molecule has 32 heavy (non-hydrogen) atoms. The third-order valence-electron chi connectivity index (χ3n) is 7.26. The molecule has 1 saturated heterocycles. The monoisotopic (exact) mass is 438 g/mol. The zero-order valence-electron chi connectivity index (χ0n) is 18.5. The van der Waals surface area contributed by atoms with Crippen molar-refractivity contribution in [1.82, 2.24) is 4.98 Å². The molecule has 1 saturated carbocycles. The first-order valence-corrected chi connectivity index (χ1v) is 11.4. The van der Waals surface area contributed by atoms with Gasteiger partial charge in [0.2, 0.25) is 6.79 Å². The normalized spacial score (nSPS) is 19.2. The van der Waals surface area contributed by atoms with Crippen molar-refractivity contribution in [2.75, 3.05) is 38.5 Å². The van der Waals surface area contributed by atoms with E-state index in [0.717, 1.165) is 86.7 Å². The van der Waals surface area contributed by atoms with Gasteiger partial charge in [-0.3, -0.25) is 9.78 Å². The minimum Gasteiger partial charge on any atom is -0.481 e. The van der Waals surface area contributed by atoms with E-state index in [1.807, 2.05) is 24.4 Å². The van der Waals surface area contributed by atoms with Crippen LogP contribution in [0.5, 0.6) is 11.5 Å². The smallest absolute Gasteiger partial charge is 0.306 e. The van der Waals surface area contributed by atoms with Gasteiger partial charge in [0.15, 0.2) is 11.5 Å². The van der Waals surface area contributed by atoms with Crippen LogP contribution in [0.25, 0.3) is 11.3 Å². The van der Waals surface area contributed by atoms with Gasteiger partial charge >= 0.3 is 5.97 Å². The highest BCUT2D eigenvalue weighted by molar-refractivity contribution is 5.77. The Morgan fingerprint density at radius 3 is 2.75 bits per heavy atom. The van der Waals surface area contributed by atoms with Gasteiger partial charge in [-0.15, -0.1) is 0 Å². The van der Waals surface area contributed by atoms with Crippen molar-refractivity contribution in [2.45, 2.75) is 38.5 Å².